The molecule has 0 radical (unpaired) electrons. The number of allylic oxidation sites excluding steroid dienone is 5. The zero-order valence-corrected chi connectivity index (χ0v) is 33.3. The molecule has 0 aliphatic carbocycles. The van der Waals surface area contributed by atoms with E-state index in [1.165, 1.54) is 128 Å². The third-order valence-corrected chi connectivity index (χ3v) is 9.80. The lowest BCUT2D eigenvalue weighted by molar-refractivity contribution is -0.152. The fourth-order valence-electron chi connectivity index (χ4n) is 6.41. The van der Waals surface area contributed by atoms with Crippen LogP contribution in [0, 0.1) is 0 Å². The number of unbranched alkanes of at least 4 members (excludes halogenated alkanes) is 21. The molecule has 0 bridgehead atoms. The standard InChI is InChI=1S/C45H80O6/c1-3-5-7-9-11-13-15-17-18-19-20-21-22-23-25-27-29-31-33-37-44(47)49-39-41(46)40-50-45(48)38-34-36-43-42(51-43)35-32-30-28-26-24-16-14-12-10-8-6-4-2/h12,14,24,26,30,32,41-43,46H,3-11,13,15-23,25,27-29,31,33-40H2,1-2H3/b14-12-,26-24-,32-30-/t41-,42?,43?/m1/s1. The fraction of sp³-hybridized carbons (Fsp3) is 0.822. The van der Waals surface area contributed by atoms with Crippen LogP contribution in [0.15, 0.2) is 36.5 Å². The van der Waals surface area contributed by atoms with Crippen molar-refractivity contribution in [3.05, 3.63) is 36.5 Å². The maximum absolute atomic E-state index is 12.1. The van der Waals surface area contributed by atoms with Crippen LogP contribution in [-0.2, 0) is 23.8 Å². The largest absolute Gasteiger partial charge is 0.463 e. The van der Waals surface area contributed by atoms with Crippen LogP contribution in [0.4, 0.5) is 0 Å². The van der Waals surface area contributed by atoms with E-state index < -0.39 is 6.10 Å². The molecular formula is C45H80O6. The van der Waals surface area contributed by atoms with Gasteiger partial charge in [-0.05, 0) is 51.4 Å². The maximum atomic E-state index is 12.1. The number of aliphatic hydroxyl groups is 1. The van der Waals surface area contributed by atoms with Crippen LogP contribution in [0.5, 0.6) is 0 Å². The Kier molecular flexibility index (Phi) is 33.7. The van der Waals surface area contributed by atoms with Crippen LogP contribution in [0.1, 0.15) is 206 Å². The number of rotatable bonds is 38. The van der Waals surface area contributed by atoms with Gasteiger partial charge in [0, 0.05) is 12.8 Å². The first-order valence-corrected chi connectivity index (χ1v) is 21.7. The molecule has 1 fully saturated rings. The minimum absolute atomic E-state index is 0.137. The van der Waals surface area contributed by atoms with Crippen molar-refractivity contribution in [2.75, 3.05) is 13.2 Å². The minimum atomic E-state index is -0.993. The third kappa shape index (κ3) is 33.7. The van der Waals surface area contributed by atoms with Gasteiger partial charge in [0.2, 0.25) is 0 Å². The Labute approximate surface area is 314 Å². The highest BCUT2D eigenvalue weighted by Gasteiger charge is 2.36. The van der Waals surface area contributed by atoms with Gasteiger partial charge in [0.1, 0.15) is 19.3 Å². The van der Waals surface area contributed by atoms with Gasteiger partial charge in [-0.1, -0.05) is 179 Å². The Morgan fingerprint density at radius 3 is 1.45 bits per heavy atom. The van der Waals surface area contributed by atoms with Crippen molar-refractivity contribution in [2.24, 2.45) is 0 Å². The molecule has 0 aromatic carbocycles. The molecule has 0 amide bonds. The maximum Gasteiger partial charge on any atom is 0.305 e. The molecule has 2 unspecified atom stereocenters. The topological polar surface area (TPSA) is 85.4 Å². The van der Waals surface area contributed by atoms with Crippen molar-refractivity contribution in [1.29, 1.82) is 0 Å². The number of carbonyl (C=O) groups is 2. The quantitative estimate of drug-likeness (QED) is 0.0296. The van der Waals surface area contributed by atoms with E-state index in [0.717, 1.165) is 44.9 Å². The molecule has 1 N–H and O–H groups in total. The summed E-state index contributed by atoms with van der Waals surface area (Å²) in [6.07, 6.45) is 48.0. The summed E-state index contributed by atoms with van der Waals surface area (Å²) in [5, 5.41) is 10.1. The second-order valence-electron chi connectivity index (χ2n) is 14.9. The van der Waals surface area contributed by atoms with Crippen LogP contribution in [0.25, 0.3) is 0 Å². The van der Waals surface area contributed by atoms with Gasteiger partial charge in [-0.25, -0.2) is 0 Å². The number of epoxide rings is 1. The Bertz CT molecular complexity index is 880. The summed E-state index contributed by atoms with van der Waals surface area (Å²) in [5.74, 6) is -0.632. The fourth-order valence-corrected chi connectivity index (χ4v) is 6.41. The lowest BCUT2D eigenvalue weighted by Gasteiger charge is -2.12. The van der Waals surface area contributed by atoms with Crippen LogP contribution < -0.4 is 0 Å². The average molecular weight is 717 g/mol. The van der Waals surface area contributed by atoms with Gasteiger partial charge >= 0.3 is 11.9 Å². The van der Waals surface area contributed by atoms with Crippen molar-refractivity contribution in [3.8, 4) is 0 Å². The van der Waals surface area contributed by atoms with E-state index in [-0.39, 0.29) is 37.4 Å². The van der Waals surface area contributed by atoms with Crippen LogP contribution >= 0.6 is 0 Å². The van der Waals surface area contributed by atoms with E-state index in [0.29, 0.717) is 19.3 Å². The monoisotopic (exact) mass is 717 g/mol. The van der Waals surface area contributed by atoms with E-state index in [4.69, 9.17) is 14.2 Å². The smallest absolute Gasteiger partial charge is 0.305 e. The molecule has 0 saturated carbocycles. The Hall–Kier alpha value is -1.92. The summed E-state index contributed by atoms with van der Waals surface area (Å²) in [6, 6.07) is 0. The Morgan fingerprint density at radius 1 is 0.529 bits per heavy atom. The highest BCUT2D eigenvalue weighted by Crippen LogP contribution is 2.30. The summed E-state index contributed by atoms with van der Waals surface area (Å²) >= 11 is 0. The zero-order chi connectivity index (χ0) is 36.9. The number of esters is 2. The first kappa shape index (κ1) is 47.1. The summed E-state index contributed by atoms with van der Waals surface area (Å²) in [4.78, 5) is 24.1. The predicted octanol–water partition coefficient (Wildman–Crippen LogP) is 12.6. The molecule has 0 aromatic rings. The second-order valence-corrected chi connectivity index (χ2v) is 14.9. The van der Waals surface area contributed by atoms with Crippen molar-refractivity contribution in [1.82, 2.24) is 0 Å². The third-order valence-electron chi connectivity index (χ3n) is 9.80. The number of ether oxygens (including phenoxy) is 3. The van der Waals surface area contributed by atoms with Crippen molar-refractivity contribution in [2.45, 2.75) is 225 Å². The highest BCUT2D eigenvalue weighted by molar-refractivity contribution is 5.69. The van der Waals surface area contributed by atoms with Gasteiger partial charge in [-0.3, -0.25) is 9.59 Å². The van der Waals surface area contributed by atoms with E-state index in [2.05, 4.69) is 50.3 Å². The molecule has 1 saturated heterocycles. The predicted molar refractivity (Wildman–Crippen MR) is 214 cm³/mol. The minimum Gasteiger partial charge on any atom is -0.463 e. The van der Waals surface area contributed by atoms with Crippen LogP contribution in [-0.4, -0.2) is 48.6 Å². The van der Waals surface area contributed by atoms with Crippen molar-refractivity contribution < 1.29 is 28.9 Å². The number of hydrogen-bond acceptors (Lipinski definition) is 6. The normalized spacial score (nSPS) is 16.5. The zero-order valence-electron chi connectivity index (χ0n) is 33.3. The van der Waals surface area contributed by atoms with Crippen LogP contribution in [0.2, 0.25) is 0 Å². The molecule has 51 heavy (non-hydrogen) atoms. The molecule has 1 heterocycles. The second kappa shape index (κ2) is 36.4. The van der Waals surface area contributed by atoms with E-state index >= 15 is 0 Å². The van der Waals surface area contributed by atoms with Gasteiger partial charge in [0.25, 0.3) is 0 Å². The lowest BCUT2D eigenvalue weighted by atomic mass is 10.0. The van der Waals surface area contributed by atoms with Crippen molar-refractivity contribution >= 4 is 11.9 Å². The highest BCUT2D eigenvalue weighted by atomic mass is 16.6. The molecule has 6 nitrogen and oxygen atoms in total. The van der Waals surface area contributed by atoms with Crippen LogP contribution in [0.3, 0.4) is 0 Å². The first-order chi connectivity index (χ1) is 25.1. The summed E-state index contributed by atoms with van der Waals surface area (Å²) in [6.45, 7) is 4.23. The average Bonchev–Trinajstić information content (AvgIpc) is 3.88. The molecule has 1 aliphatic heterocycles. The van der Waals surface area contributed by atoms with Gasteiger partial charge in [-0.2, -0.15) is 0 Å². The van der Waals surface area contributed by atoms with E-state index in [1.807, 2.05) is 0 Å². The SMILES string of the molecule is CCCCC/C=C\C/C=C\C/C=C\CC1OC1CCCC(=O)OC[C@H](O)COC(=O)CCCCCCCCCCCCCCCCCCCCC. The van der Waals surface area contributed by atoms with Gasteiger partial charge < -0.3 is 19.3 Å². The summed E-state index contributed by atoms with van der Waals surface area (Å²) < 4.78 is 16.1. The van der Waals surface area contributed by atoms with E-state index in [9.17, 15) is 14.7 Å². The Balaban J connectivity index is 1.84. The van der Waals surface area contributed by atoms with Gasteiger partial charge in [0.15, 0.2) is 0 Å². The molecule has 6 heteroatoms. The molecule has 296 valence electrons. The molecule has 1 aliphatic rings. The number of aliphatic hydroxyl groups excluding tert-OH is 1. The number of hydrogen-bond donors (Lipinski definition) is 1. The summed E-state index contributed by atoms with van der Waals surface area (Å²) in [7, 11) is 0. The van der Waals surface area contributed by atoms with E-state index in [1.54, 1.807) is 0 Å². The van der Waals surface area contributed by atoms with Gasteiger partial charge in [-0.15, -0.1) is 0 Å². The first-order valence-electron chi connectivity index (χ1n) is 21.7. The molecule has 0 spiro atoms. The Morgan fingerprint density at radius 2 is 0.941 bits per heavy atom. The molecule has 3 atom stereocenters. The lowest BCUT2D eigenvalue weighted by Crippen LogP contribution is -2.25. The number of carbonyl (C=O) groups excluding carboxylic acids is 2. The molecule has 0 aromatic heterocycles. The summed E-state index contributed by atoms with van der Waals surface area (Å²) in [5.41, 5.74) is 0. The van der Waals surface area contributed by atoms with Gasteiger partial charge in [0.05, 0.1) is 12.2 Å². The van der Waals surface area contributed by atoms with Crippen molar-refractivity contribution in [3.63, 3.8) is 0 Å². The molecule has 1 rings (SSSR count). The molecular weight excluding hydrogens is 636 g/mol.